The van der Waals surface area contributed by atoms with Gasteiger partial charge in [-0.3, -0.25) is 29.4 Å². The molecule has 1 aromatic carbocycles. The maximum atomic E-state index is 13.1. The zero-order valence-corrected chi connectivity index (χ0v) is 15.4. The van der Waals surface area contributed by atoms with Crippen LogP contribution in [-0.4, -0.2) is 53.2 Å². The summed E-state index contributed by atoms with van der Waals surface area (Å²) in [6, 6.07) is 4.33. The minimum atomic E-state index is -0.931. The van der Waals surface area contributed by atoms with Gasteiger partial charge < -0.3 is 10.6 Å². The second kappa shape index (κ2) is 6.22. The first-order valence-electron chi connectivity index (χ1n) is 9.77. The van der Waals surface area contributed by atoms with E-state index >= 15 is 0 Å². The summed E-state index contributed by atoms with van der Waals surface area (Å²) in [6.45, 7) is 2.48. The van der Waals surface area contributed by atoms with Gasteiger partial charge in [0.15, 0.2) is 0 Å². The predicted octanol–water partition coefficient (Wildman–Crippen LogP) is -0.0706. The smallest absolute Gasteiger partial charge is 0.262 e. The maximum absolute atomic E-state index is 13.1. The zero-order valence-electron chi connectivity index (χ0n) is 15.4. The van der Waals surface area contributed by atoms with Crippen LogP contribution in [0.4, 0.5) is 0 Å². The first-order valence-corrected chi connectivity index (χ1v) is 9.77. The first-order chi connectivity index (χ1) is 13.5. The zero-order chi connectivity index (χ0) is 19.5. The maximum Gasteiger partial charge on any atom is 0.262 e. The van der Waals surface area contributed by atoms with Crippen molar-refractivity contribution in [1.82, 2.24) is 20.9 Å². The molecule has 1 aliphatic carbocycles. The third kappa shape index (κ3) is 2.59. The van der Waals surface area contributed by atoms with Gasteiger partial charge in [-0.25, -0.2) is 0 Å². The number of carbonyl (C=O) groups is 4. The van der Waals surface area contributed by atoms with Crippen LogP contribution >= 0.6 is 0 Å². The largest absolute Gasteiger partial charge is 0.315 e. The van der Waals surface area contributed by atoms with Crippen LogP contribution in [0, 0.1) is 5.92 Å². The lowest BCUT2D eigenvalue weighted by Crippen LogP contribution is -2.66. The summed E-state index contributed by atoms with van der Waals surface area (Å²) >= 11 is 0. The van der Waals surface area contributed by atoms with Crippen molar-refractivity contribution in [2.75, 3.05) is 13.1 Å². The van der Waals surface area contributed by atoms with Crippen LogP contribution in [0.25, 0.3) is 0 Å². The van der Waals surface area contributed by atoms with Crippen LogP contribution in [0.3, 0.4) is 0 Å². The fraction of sp³-hybridized carbons (Fsp3) is 0.500. The van der Waals surface area contributed by atoms with Crippen LogP contribution in [0.1, 0.15) is 52.0 Å². The average Bonchev–Trinajstić information content (AvgIpc) is 2.92. The van der Waals surface area contributed by atoms with Crippen LogP contribution < -0.4 is 16.0 Å². The van der Waals surface area contributed by atoms with Crippen molar-refractivity contribution in [2.24, 2.45) is 5.92 Å². The third-order valence-corrected chi connectivity index (χ3v) is 6.46. The Kier molecular flexibility index (Phi) is 3.89. The van der Waals surface area contributed by atoms with Gasteiger partial charge in [-0.1, -0.05) is 12.1 Å². The van der Waals surface area contributed by atoms with Crippen LogP contribution in [0.5, 0.6) is 0 Å². The number of rotatable bonds is 4. The second-order valence-electron chi connectivity index (χ2n) is 8.33. The van der Waals surface area contributed by atoms with Gasteiger partial charge in [0.2, 0.25) is 11.8 Å². The fourth-order valence-corrected chi connectivity index (χ4v) is 5.07. The number of benzene rings is 1. The van der Waals surface area contributed by atoms with E-state index in [-0.39, 0.29) is 24.3 Å². The Bertz CT molecular complexity index is 900. The number of carbonyl (C=O) groups excluding carboxylic acids is 4. The van der Waals surface area contributed by atoms with E-state index < -0.39 is 23.8 Å². The number of hydrogen-bond donors (Lipinski definition) is 3. The van der Waals surface area contributed by atoms with Gasteiger partial charge in [0, 0.05) is 25.0 Å². The summed E-state index contributed by atoms with van der Waals surface area (Å²) in [7, 11) is 0. The highest BCUT2D eigenvalue weighted by Crippen LogP contribution is 2.40. The summed E-state index contributed by atoms with van der Waals surface area (Å²) in [4.78, 5) is 50.6. The van der Waals surface area contributed by atoms with Gasteiger partial charge in [0.05, 0.1) is 11.1 Å². The van der Waals surface area contributed by atoms with Gasteiger partial charge >= 0.3 is 0 Å². The Morgan fingerprint density at radius 2 is 1.96 bits per heavy atom. The molecule has 3 N–H and O–H groups in total. The average molecular weight is 382 g/mol. The molecule has 8 nitrogen and oxygen atoms in total. The summed E-state index contributed by atoms with van der Waals surface area (Å²) in [6.07, 6.45) is 2.55. The third-order valence-electron chi connectivity index (χ3n) is 6.46. The Morgan fingerprint density at radius 1 is 1.14 bits per heavy atom. The quantitative estimate of drug-likeness (QED) is 0.630. The Labute approximate surface area is 162 Å². The molecule has 6 rings (SSSR count). The Hall–Kier alpha value is -2.58. The summed E-state index contributed by atoms with van der Waals surface area (Å²) < 4.78 is 0. The second-order valence-corrected chi connectivity index (χ2v) is 8.33. The molecule has 28 heavy (non-hydrogen) atoms. The van der Waals surface area contributed by atoms with Crippen molar-refractivity contribution >= 4 is 23.6 Å². The molecule has 4 amide bonds. The highest BCUT2D eigenvalue weighted by molar-refractivity contribution is 6.24. The number of amides is 4. The molecular formula is C20H22N4O4. The molecule has 3 saturated heterocycles. The minimum absolute atomic E-state index is 0.0700. The molecule has 0 aromatic heterocycles. The lowest BCUT2D eigenvalue weighted by molar-refractivity contribution is -0.136. The van der Waals surface area contributed by atoms with Crippen molar-refractivity contribution < 1.29 is 19.2 Å². The normalized spacial score (nSPS) is 31.5. The highest BCUT2D eigenvalue weighted by Gasteiger charge is 2.48. The lowest BCUT2D eigenvalue weighted by atomic mass is 9.65. The van der Waals surface area contributed by atoms with E-state index in [2.05, 4.69) is 16.0 Å². The Balaban J connectivity index is 1.39. The monoisotopic (exact) mass is 382 g/mol. The van der Waals surface area contributed by atoms with Gasteiger partial charge in [0.25, 0.3) is 11.8 Å². The highest BCUT2D eigenvalue weighted by atomic mass is 16.2. The minimum Gasteiger partial charge on any atom is -0.315 e. The molecule has 4 fully saturated rings. The fourth-order valence-electron chi connectivity index (χ4n) is 5.07. The molecule has 4 heterocycles. The van der Waals surface area contributed by atoms with E-state index in [4.69, 9.17) is 0 Å². The molecule has 8 heteroatoms. The van der Waals surface area contributed by atoms with Gasteiger partial charge in [0.1, 0.15) is 6.04 Å². The molecule has 0 spiro atoms. The van der Waals surface area contributed by atoms with Crippen molar-refractivity contribution in [2.45, 2.75) is 43.8 Å². The van der Waals surface area contributed by atoms with E-state index in [1.165, 1.54) is 0 Å². The Morgan fingerprint density at radius 3 is 2.68 bits per heavy atom. The number of piperidine rings is 3. The molecule has 1 atom stereocenters. The lowest BCUT2D eigenvalue weighted by Gasteiger charge is -2.53. The number of nitrogens with zero attached hydrogens (tertiary/aromatic N) is 1. The predicted molar refractivity (Wildman–Crippen MR) is 98.3 cm³/mol. The van der Waals surface area contributed by atoms with Crippen LogP contribution in [0.15, 0.2) is 18.2 Å². The summed E-state index contributed by atoms with van der Waals surface area (Å²) in [5, 5.41) is 9.23. The molecule has 146 valence electrons. The number of hydrogen-bond acceptors (Lipinski definition) is 6. The molecule has 1 unspecified atom stereocenters. The van der Waals surface area contributed by atoms with Crippen LogP contribution in [-0.2, 0) is 16.1 Å². The summed E-state index contributed by atoms with van der Waals surface area (Å²) in [5.41, 5.74) is 1.55. The van der Waals surface area contributed by atoms with Crippen molar-refractivity contribution in [1.29, 1.82) is 0 Å². The molecule has 1 saturated carbocycles. The van der Waals surface area contributed by atoms with Crippen molar-refractivity contribution in [3.63, 3.8) is 0 Å². The molecule has 0 radical (unpaired) electrons. The van der Waals surface area contributed by atoms with Crippen LogP contribution in [0.2, 0.25) is 0 Å². The first kappa shape index (κ1) is 17.5. The number of nitrogens with one attached hydrogen (secondary N) is 3. The van der Waals surface area contributed by atoms with Gasteiger partial charge in [-0.15, -0.1) is 0 Å². The van der Waals surface area contributed by atoms with Gasteiger partial charge in [-0.2, -0.15) is 0 Å². The van der Waals surface area contributed by atoms with Crippen molar-refractivity contribution in [3.05, 3.63) is 34.9 Å². The molecular weight excluding hydrogens is 360 g/mol. The molecule has 5 aliphatic rings. The SMILES string of the molecule is O=C1CCC(N2C(=O)c3cccc(CNC45CNCC(C4)C5)c3C2=O)C(=O)N1. The summed E-state index contributed by atoms with van der Waals surface area (Å²) in [5.74, 6) is -1.15. The van der Waals surface area contributed by atoms with E-state index in [1.807, 2.05) is 6.07 Å². The van der Waals surface area contributed by atoms with Crippen molar-refractivity contribution in [3.8, 4) is 0 Å². The number of imide groups is 2. The molecule has 2 bridgehead atoms. The topological polar surface area (TPSA) is 108 Å². The number of fused-ring (bicyclic) bond motifs is 3. The van der Waals surface area contributed by atoms with E-state index in [0.29, 0.717) is 23.6 Å². The molecule has 1 aromatic rings. The standard InChI is InChI=1S/C20H22N4O4/c25-15-5-4-14(17(26)23-15)24-18(27)13-3-1-2-12(16(13)19(24)28)9-22-20-6-11(7-20)8-21-10-20/h1-3,11,14,21-22H,4-10H2,(H,23,25,26). The molecule has 4 aliphatic heterocycles. The van der Waals surface area contributed by atoms with E-state index in [0.717, 1.165) is 36.4 Å². The van der Waals surface area contributed by atoms with E-state index in [9.17, 15) is 19.2 Å². The van der Waals surface area contributed by atoms with E-state index in [1.54, 1.807) is 12.1 Å². The van der Waals surface area contributed by atoms with Gasteiger partial charge in [-0.05, 0) is 43.4 Å².